The van der Waals surface area contributed by atoms with Crippen LogP contribution in [0.15, 0.2) is 158 Å². The van der Waals surface area contributed by atoms with Crippen molar-refractivity contribution < 1.29 is 50.7 Å². The maximum absolute atomic E-state index is 2.27. The first-order chi connectivity index (χ1) is 18.8. The van der Waals surface area contributed by atoms with Crippen molar-refractivity contribution in [3.05, 3.63) is 158 Å². The van der Waals surface area contributed by atoms with E-state index in [1.54, 1.807) is 0 Å². The smallest absolute Gasteiger partial charge is 1.00 e. The van der Waals surface area contributed by atoms with E-state index in [2.05, 4.69) is 158 Å². The van der Waals surface area contributed by atoms with Gasteiger partial charge in [0.15, 0.2) is 0 Å². The molecule has 0 amide bonds. The first kappa shape index (κ1) is 30.5. The maximum atomic E-state index is 2.27. The Hall–Kier alpha value is -3.49. The quantitative estimate of drug-likeness (QED) is 0.178. The fourth-order valence-electron chi connectivity index (χ4n) is 5.57. The fraction of sp³-hybridized carbons (Fsp3) is 0. The van der Waals surface area contributed by atoms with Gasteiger partial charge in [-0.25, -0.2) is 0 Å². The summed E-state index contributed by atoms with van der Waals surface area (Å²) in [5, 5.41) is 10.5. The number of fused-ring (bicyclic) bond motifs is 4. The van der Waals surface area contributed by atoms with Crippen LogP contribution in [0, 0.1) is 0 Å². The molecule has 0 spiro atoms. The van der Waals surface area contributed by atoms with Crippen molar-refractivity contribution in [2.24, 2.45) is 0 Å². The third-order valence-electron chi connectivity index (χ3n) is 7.44. The summed E-state index contributed by atoms with van der Waals surface area (Å²) in [6, 6.07) is 56.3. The molecular weight excluding hydrogens is 706 g/mol. The Morgan fingerprint density at radius 3 is 1.10 bits per heavy atom. The van der Waals surface area contributed by atoms with Crippen molar-refractivity contribution in [1.82, 2.24) is 0 Å². The zero-order valence-electron chi connectivity index (χ0n) is 22.3. The van der Waals surface area contributed by atoms with Gasteiger partial charge in [-0.3, -0.25) is 0 Å². The molecule has 3 heteroatoms. The minimum atomic E-state index is 0. The molecule has 0 unspecified atom stereocenters. The van der Waals surface area contributed by atoms with Crippen LogP contribution in [0.25, 0.3) is 65.3 Å². The van der Waals surface area contributed by atoms with Crippen molar-refractivity contribution in [1.29, 1.82) is 0 Å². The Balaban J connectivity index is 0.000000176. The third-order valence-corrected chi connectivity index (χ3v) is 7.44. The molecule has 0 aliphatic heterocycles. The van der Waals surface area contributed by atoms with Crippen LogP contribution in [0.3, 0.4) is 0 Å². The Morgan fingerprint density at radius 1 is 0.341 bits per heavy atom. The van der Waals surface area contributed by atoms with Crippen molar-refractivity contribution in [2.75, 3.05) is 0 Å². The summed E-state index contributed by atoms with van der Waals surface area (Å²) in [5.74, 6) is 0. The summed E-state index contributed by atoms with van der Waals surface area (Å²) in [4.78, 5) is 0. The van der Waals surface area contributed by atoms with E-state index in [9.17, 15) is 0 Å². The average molecular weight is 732 g/mol. The summed E-state index contributed by atoms with van der Waals surface area (Å²) in [6.07, 6.45) is 0. The van der Waals surface area contributed by atoms with Gasteiger partial charge in [-0.05, 0) is 21.5 Å². The largest absolute Gasteiger partial charge is 4.00 e. The molecule has 0 radical (unpaired) electrons. The molecular formula is C38H26Cl2Hf. The maximum Gasteiger partial charge on any atom is 4.00 e. The van der Waals surface area contributed by atoms with Gasteiger partial charge in [0.25, 0.3) is 0 Å². The molecule has 0 N–H and O–H groups in total. The van der Waals surface area contributed by atoms with Crippen LogP contribution in [-0.2, 0) is 25.8 Å². The van der Waals surface area contributed by atoms with Crippen LogP contribution in [0.1, 0.15) is 0 Å². The fourth-order valence-corrected chi connectivity index (χ4v) is 5.57. The zero-order valence-corrected chi connectivity index (χ0v) is 27.4. The Kier molecular flexibility index (Phi) is 9.99. The van der Waals surface area contributed by atoms with E-state index in [0.717, 1.165) is 0 Å². The van der Waals surface area contributed by atoms with Crippen molar-refractivity contribution >= 4 is 43.1 Å². The second-order valence-corrected chi connectivity index (χ2v) is 9.80. The molecule has 8 aromatic carbocycles. The van der Waals surface area contributed by atoms with Crippen LogP contribution < -0.4 is 24.8 Å². The number of benzene rings is 6. The van der Waals surface area contributed by atoms with Gasteiger partial charge in [-0.1, -0.05) is 132 Å². The van der Waals surface area contributed by atoms with Gasteiger partial charge < -0.3 is 24.8 Å². The molecule has 0 atom stereocenters. The van der Waals surface area contributed by atoms with Crippen molar-refractivity contribution in [3.63, 3.8) is 0 Å². The Morgan fingerprint density at radius 2 is 0.683 bits per heavy atom. The minimum Gasteiger partial charge on any atom is -1.00 e. The molecule has 0 saturated heterocycles. The van der Waals surface area contributed by atoms with Crippen LogP contribution >= 0.6 is 0 Å². The van der Waals surface area contributed by atoms with E-state index in [0.29, 0.717) is 0 Å². The number of rotatable bonds is 2. The van der Waals surface area contributed by atoms with Gasteiger partial charge in [-0.15, -0.1) is 69.1 Å². The van der Waals surface area contributed by atoms with Gasteiger partial charge in [0.2, 0.25) is 0 Å². The van der Waals surface area contributed by atoms with Crippen LogP contribution in [0.2, 0.25) is 0 Å². The standard InChI is InChI=1S/2C19H13.2ClH.Hf/c2*1-2-8-16-13-17(12-15(16)7-1)19-11-5-9-14-6-3-4-10-18(14)19;;;/h2*1-13H;2*1H;/q2*-1;;;+4/p-2. The van der Waals surface area contributed by atoms with Crippen LogP contribution in [-0.4, -0.2) is 0 Å². The summed E-state index contributed by atoms with van der Waals surface area (Å²) < 4.78 is 0. The summed E-state index contributed by atoms with van der Waals surface area (Å²) in [5.41, 5.74) is 5.24. The molecule has 41 heavy (non-hydrogen) atoms. The first-order valence-electron chi connectivity index (χ1n) is 13.1. The van der Waals surface area contributed by atoms with Gasteiger partial charge in [0.05, 0.1) is 0 Å². The predicted molar refractivity (Wildman–Crippen MR) is 165 cm³/mol. The summed E-state index contributed by atoms with van der Waals surface area (Å²) in [6.45, 7) is 0. The van der Waals surface area contributed by atoms with E-state index in [1.165, 1.54) is 65.3 Å². The van der Waals surface area contributed by atoms with Gasteiger partial charge in [-0.2, -0.15) is 0 Å². The molecule has 0 aliphatic carbocycles. The molecule has 8 aromatic rings. The molecule has 0 heterocycles. The molecule has 0 nitrogen and oxygen atoms in total. The van der Waals surface area contributed by atoms with E-state index in [4.69, 9.17) is 0 Å². The number of hydrogen-bond donors (Lipinski definition) is 0. The summed E-state index contributed by atoms with van der Waals surface area (Å²) in [7, 11) is 0. The molecule has 0 aliphatic rings. The molecule has 0 aromatic heterocycles. The molecule has 196 valence electrons. The Bertz CT molecular complexity index is 1820. The molecule has 0 saturated carbocycles. The van der Waals surface area contributed by atoms with Gasteiger partial charge in [0, 0.05) is 0 Å². The minimum absolute atomic E-state index is 0. The van der Waals surface area contributed by atoms with Crippen LogP contribution in [0.5, 0.6) is 0 Å². The van der Waals surface area contributed by atoms with Gasteiger partial charge >= 0.3 is 25.8 Å². The van der Waals surface area contributed by atoms with E-state index in [1.807, 2.05) is 0 Å². The predicted octanol–water partition coefficient (Wildman–Crippen LogP) is 4.76. The number of halogens is 2. The van der Waals surface area contributed by atoms with Crippen LogP contribution in [0.4, 0.5) is 0 Å². The van der Waals surface area contributed by atoms with Crippen molar-refractivity contribution in [3.8, 4) is 22.3 Å². The number of hydrogen-bond acceptors (Lipinski definition) is 0. The second kappa shape index (κ2) is 13.4. The van der Waals surface area contributed by atoms with Gasteiger partial charge in [0.1, 0.15) is 0 Å². The average Bonchev–Trinajstić information content (AvgIpc) is 3.61. The Labute approximate surface area is 272 Å². The molecule has 8 rings (SSSR count). The molecule has 0 bridgehead atoms. The topological polar surface area (TPSA) is 0 Å². The second-order valence-electron chi connectivity index (χ2n) is 9.80. The van der Waals surface area contributed by atoms with E-state index < -0.39 is 0 Å². The van der Waals surface area contributed by atoms with Crippen molar-refractivity contribution in [2.45, 2.75) is 0 Å². The summed E-state index contributed by atoms with van der Waals surface area (Å²) >= 11 is 0. The SMILES string of the molecule is [Cl-].[Cl-].[Hf+4].c1ccc2[cH-]c(-c3cccc4ccccc34)cc2c1.c1ccc2[cH-]c(-c3cccc4ccccc34)cc2c1. The third kappa shape index (κ3) is 6.09. The van der Waals surface area contributed by atoms with E-state index >= 15 is 0 Å². The normalized spacial score (nSPS) is 10.3. The first-order valence-corrected chi connectivity index (χ1v) is 13.1. The van der Waals surface area contributed by atoms with E-state index in [-0.39, 0.29) is 50.7 Å². The zero-order chi connectivity index (χ0) is 25.3. The monoisotopic (exact) mass is 732 g/mol. The molecule has 0 fully saturated rings.